The average molecular weight is 455 g/mol. The molecule has 0 radical (unpaired) electrons. The fourth-order valence-electron chi connectivity index (χ4n) is 4.28. The van der Waals surface area contributed by atoms with E-state index in [1.165, 1.54) is 0 Å². The third-order valence-electron chi connectivity index (χ3n) is 6.12. The summed E-state index contributed by atoms with van der Waals surface area (Å²) in [4.78, 5) is 33.6. The predicted molar refractivity (Wildman–Crippen MR) is 134 cm³/mol. The normalized spacial score (nSPS) is 13.3. The molecule has 1 N–H and O–H groups in total. The van der Waals surface area contributed by atoms with E-state index in [1.807, 2.05) is 43.3 Å². The number of hydrogen-bond donors (Lipinski definition) is 1. The monoisotopic (exact) mass is 454 g/mol. The average Bonchev–Trinajstić information content (AvgIpc) is 3.39. The highest BCUT2D eigenvalue weighted by Gasteiger charge is 2.21. The van der Waals surface area contributed by atoms with E-state index in [4.69, 9.17) is 9.72 Å². The number of benzene rings is 3. The number of ether oxygens (including phenoxy) is 1. The molecule has 1 aromatic heterocycles. The summed E-state index contributed by atoms with van der Waals surface area (Å²) >= 11 is 0. The number of hydrogen-bond acceptors (Lipinski definition) is 5. The lowest BCUT2D eigenvalue weighted by molar-refractivity contribution is 0.102. The Hall–Kier alpha value is -4.13. The van der Waals surface area contributed by atoms with Crippen molar-refractivity contribution in [2.24, 2.45) is 0 Å². The molecule has 0 saturated carbocycles. The van der Waals surface area contributed by atoms with Crippen molar-refractivity contribution in [3.8, 4) is 11.4 Å². The molecule has 1 aliphatic rings. The molecule has 34 heavy (non-hydrogen) atoms. The van der Waals surface area contributed by atoms with E-state index in [-0.39, 0.29) is 11.5 Å². The molecule has 2 heterocycles. The van der Waals surface area contributed by atoms with Crippen LogP contribution < -0.4 is 20.5 Å². The lowest BCUT2D eigenvalue weighted by Crippen LogP contribution is -2.30. The molecule has 0 bridgehead atoms. The zero-order valence-corrected chi connectivity index (χ0v) is 19.2. The Morgan fingerprint density at radius 1 is 1.00 bits per heavy atom. The SMILES string of the molecule is COc1cccc(NC(=O)c2ccc3c(=O)n(-c4ccc(C)cc4)c(N4CCCC4)nc3c2)c1. The maximum absolute atomic E-state index is 13.6. The van der Waals surface area contributed by atoms with Crippen LogP contribution in [0.5, 0.6) is 5.75 Å². The Kier molecular flexibility index (Phi) is 5.76. The molecule has 0 spiro atoms. The van der Waals surface area contributed by atoms with Crippen molar-refractivity contribution in [1.82, 2.24) is 9.55 Å². The summed E-state index contributed by atoms with van der Waals surface area (Å²) in [5.74, 6) is 0.997. The Morgan fingerprint density at radius 2 is 1.76 bits per heavy atom. The Bertz CT molecular complexity index is 1420. The first-order chi connectivity index (χ1) is 16.5. The van der Waals surface area contributed by atoms with Gasteiger partial charge in [0, 0.05) is 30.4 Å². The molecule has 1 fully saturated rings. The topological polar surface area (TPSA) is 76.5 Å². The third kappa shape index (κ3) is 4.12. The summed E-state index contributed by atoms with van der Waals surface area (Å²) in [6, 6.07) is 20.1. The Labute approximate surface area is 197 Å². The van der Waals surface area contributed by atoms with E-state index >= 15 is 0 Å². The van der Waals surface area contributed by atoms with Gasteiger partial charge in [0.05, 0.1) is 23.7 Å². The second-order valence-electron chi connectivity index (χ2n) is 8.50. The minimum absolute atomic E-state index is 0.143. The van der Waals surface area contributed by atoms with Crippen LogP contribution in [0.3, 0.4) is 0 Å². The number of aromatic nitrogens is 2. The van der Waals surface area contributed by atoms with Crippen LogP contribution in [0.25, 0.3) is 16.6 Å². The third-order valence-corrected chi connectivity index (χ3v) is 6.12. The number of carbonyl (C=O) groups excluding carboxylic acids is 1. The molecular formula is C27H26N4O3. The molecule has 7 heteroatoms. The van der Waals surface area contributed by atoms with E-state index in [2.05, 4.69) is 10.2 Å². The predicted octanol–water partition coefficient (Wildman–Crippen LogP) is 4.56. The van der Waals surface area contributed by atoms with Gasteiger partial charge in [0.15, 0.2) is 0 Å². The minimum Gasteiger partial charge on any atom is -0.497 e. The van der Waals surface area contributed by atoms with Crippen molar-refractivity contribution in [2.45, 2.75) is 19.8 Å². The first kappa shape index (κ1) is 21.7. The van der Waals surface area contributed by atoms with Crippen LogP contribution in [0, 0.1) is 6.92 Å². The van der Waals surface area contributed by atoms with Crippen LogP contribution in [-0.4, -0.2) is 35.7 Å². The second-order valence-corrected chi connectivity index (χ2v) is 8.50. The van der Waals surface area contributed by atoms with Crippen molar-refractivity contribution in [2.75, 3.05) is 30.4 Å². The van der Waals surface area contributed by atoms with Crippen molar-refractivity contribution >= 4 is 28.4 Å². The Morgan fingerprint density at radius 3 is 2.50 bits per heavy atom. The second kappa shape index (κ2) is 9.02. The van der Waals surface area contributed by atoms with Gasteiger partial charge in [-0.05, 0) is 62.2 Å². The van der Waals surface area contributed by atoms with E-state index in [0.29, 0.717) is 33.9 Å². The standard InChI is InChI=1S/C27H26N4O3/c1-18-8-11-21(12-9-18)31-26(33)23-13-10-19(16-24(23)29-27(31)30-14-3-4-15-30)25(32)28-20-6-5-7-22(17-20)34-2/h5-13,16-17H,3-4,14-15H2,1-2H3,(H,28,32). The van der Waals surface area contributed by atoms with Gasteiger partial charge < -0.3 is 15.0 Å². The van der Waals surface area contributed by atoms with Crippen LogP contribution >= 0.6 is 0 Å². The summed E-state index contributed by atoms with van der Waals surface area (Å²) < 4.78 is 6.91. The van der Waals surface area contributed by atoms with Gasteiger partial charge in [0.2, 0.25) is 5.95 Å². The van der Waals surface area contributed by atoms with Gasteiger partial charge in [-0.2, -0.15) is 0 Å². The molecule has 0 unspecified atom stereocenters. The van der Waals surface area contributed by atoms with Crippen molar-refractivity contribution in [3.05, 3.63) is 88.2 Å². The molecule has 1 aliphatic heterocycles. The molecule has 172 valence electrons. The molecule has 0 atom stereocenters. The van der Waals surface area contributed by atoms with Crippen molar-refractivity contribution < 1.29 is 9.53 Å². The zero-order valence-electron chi connectivity index (χ0n) is 19.2. The summed E-state index contributed by atoms with van der Waals surface area (Å²) in [6.07, 6.45) is 2.12. The molecule has 4 aromatic rings. The fraction of sp³-hybridized carbons (Fsp3) is 0.222. The lowest BCUT2D eigenvalue weighted by atomic mass is 10.1. The summed E-state index contributed by atoms with van der Waals surface area (Å²) in [7, 11) is 1.58. The van der Waals surface area contributed by atoms with Crippen LogP contribution in [0.2, 0.25) is 0 Å². The summed E-state index contributed by atoms with van der Waals surface area (Å²) in [6.45, 7) is 3.71. The van der Waals surface area contributed by atoms with Crippen molar-refractivity contribution in [3.63, 3.8) is 0 Å². The van der Waals surface area contributed by atoms with Crippen LogP contribution in [-0.2, 0) is 0 Å². The zero-order chi connectivity index (χ0) is 23.7. The van der Waals surface area contributed by atoms with Crippen LogP contribution in [0.4, 0.5) is 11.6 Å². The quantitative estimate of drug-likeness (QED) is 0.479. The minimum atomic E-state index is -0.276. The number of aryl methyl sites for hydroxylation is 1. The van der Waals surface area contributed by atoms with Gasteiger partial charge in [-0.3, -0.25) is 9.59 Å². The highest BCUT2D eigenvalue weighted by Crippen LogP contribution is 2.24. The van der Waals surface area contributed by atoms with Crippen LogP contribution in [0.15, 0.2) is 71.5 Å². The fourth-order valence-corrected chi connectivity index (χ4v) is 4.28. The summed E-state index contributed by atoms with van der Waals surface area (Å²) in [5, 5.41) is 3.36. The highest BCUT2D eigenvalue weighted by molar-refractivity contribution is 6.06. The molecule has 1 amide bonds. The van der Waals surface area contributed by atoms with E-state index in [0.717, 1.165) is 37.2 Å². The van der Waals surface area contributed by atoms with E-state index in [1.54, 1.807) is 42.0 Å². The number of carbonyl (C=O) groups is 1. The summed E-state index contributed by atoms with van der Waals surface area (Å²) in [5.41, 5.74) is 3.34. The van der Waals surface area contributed by atoms with Gasteiger partial charge >= 0.3 is 0 Å². The molecule has 7 nitrogen and oxygen atoms in total. The highest BCUT2D eigenvalue weighted by atomic mass is 16.5. The number of fused-ring (bicyclic) bond motifs is 1. The van der Waals surface area contributed by atoms with Gasteiger partial charge in [-0.15, -0.1) is 0 Å². The first-order valence-electron chi connectivity index (χ1n) is 11.4. The van der Waals surface area contributed by atoms with Gasteiger partial charge in [0.25, 0.3) is 11.5 Å². The molecular weight excluding hydrogens is 428 g/mol. The van der Waals surface area contributed by atoms with Gasteiger partial charge in [-0.25, -0.2) is 9.55 Å². The number of amides is 1. The number of anilines is 2. The maximum atomic E-state index is 13.6. The van der Waals surface area contributed by atoms with Crippen LogP contribution in [0.1, 0.15) is 28.8 Å². The number of methoxy groups -OCH3 is 1. The molecule has 3 aromatic carbocycles. The van der Waals surface area contributed by atoms with E-state index < -0.39 is 0 Å². The van der Waals surface area contributed by atoms with Crippen molar-refractivity contribution in [1.29, 1.82) is 0 Å². The molecule has 5 rings (SSSR count). The maximum Gasteiger partial charge on any atom is 0.267 e. The Balaban J connectivity index is 1.58. The smallest absolute Gasteiger partial charge is 0.267 e. The van der Waals surface area contributed by atoms with Gasteiger partial charge in [-0.1, -0.05) is 23.8 Å². The largest absolute Gasteiger partial charge is 0.497 e. The molecule has 1 saturated heterocycles. The lowest BCUT2D eigenvalue weighted by Gasteiger charge is -2.22. The number of nitrogens with one attached hydrogen (secondary N) is 1. The first-order valence-corrected chi connectivity index (χ1v) is 11.4. The van der Waals surface area contributed by atoms with E-state index in [9.17, 15) is 9.59 Å². The number of nitrogens with zero attached hydrogens (tertiary/aromatic N) is 3. The molecule has 0 aliphatic carbocycles. The van der Waals surface area contributed by atoms with Gasteiger partial charge in [0.1, 0.15) is 5.75 Å². The number of rotatable bonds is 5.